The minimum absolute atomic E-state index is 0.0415. The molecule has 0 fully saturated rings. The van der Waals surface area contributed by atoms with Gasteiger partial charge in [-0.05, 0) is 55.7 Å². The molecule has 2 aromatic heterocycles. The number of fused-ring (bicyclic) bond motifs is 4. The lowest BCUT2D eigenvalue weighted by molar-refractivity contribution is -0.119. The Bertz CT molecular complexity index is 1780. The average molecular weight is 635 g/mol. The van der Waals surface area contributed by atoms with Crippen molar-refractivity contribution in [1.82, 2.24) is 19.9 Å². The maximum absolute atomic E-state index is 14.8. The van der Waals surface area contributed by atoms with Gasteiger partial charge in [0.15, 0.2) is 5.82 Å². The van der Waals surface area contributed by atoms with Crippen LogP contribution in [0, 0.1) is 18.7 Å². The van der Waals surface area contributed by atoms with E-state index in [0.29, 0.717) is 59.0 Å². The van der Waals surface area contributed by atoms with Crippen molar-refractivity contribution in [3.05, 3.63) is 82.8 Å². The Balaban J connectivity index is 1.53. The molecule has 2 bridgehead atoms. The van der Waals surface area contributed by atoms with E-state index in [1.54, 1.807) is 43.3 Å². The van der Waals surface area contributed by atoms with E-state index < -0.39 is 23.9 Å². The highest BCUT2D eigenvalue weighted by atomic mass is 35.5. The minimum Gasteiger partial charge on any atom is -0.481 e. The van der Waals surface area contributed by atoms with Gasteiger partial charge in [-0.1, -0.05) is 37.1 Å². The van der Waals surface area contributed by atoms with E-state index in [9.17, 15) is 18.8 Å². The Morgan fingerprint density at radius 3 is 2.69 bits per heavy atom. The third kappa shape index (κ3) is 6.75. The molecular weight excluding hydrogens is 603 g/mol. The van der Waals surface area contributed by atoms with E-state index in [2.05, 4.69) is 25.9 Å². The smallest absolute Gasteiger partial charge is 0.411 e. The van der Waals surface area contributed by atoms with Crippen LogP contribution in [-0.4, -0.2) is 46.7 Å². The van der Waals surface area contributed by atoms with E-state index >= 15 is 0 Å². The van der Waals surface area contributed by atoms with Gasteiger partial charge in [-0.2, -0.15) is 0 Å². The molecule has 3 N–H and O–H groups in total. The van der Waals surface area contributed by atoms with Gasteiger partial charge in [0, 0.05) is 23.2 Å². The van der Waals surface area contributed by atoms with Crippen LogP contribution >= 0.6 is 11.6 Å². The van der Waals surface area contributed by atoms with Gasteiger partial charge in [-0.3, -0.25) is 19.5 Å². The Morgan fingerprint density at radius 1 is 1.13 bits per heavy atom. The highest BCUT2D eigenvalue weighted by Gasteiger charge is 2.26. The highest BCUT2D eigenvalue weighted by molar-refractivity contribution is 6.30. The van der Waals surface area contributed by atoms with E-state index in [4.69, 9.17) is 21.1 Å². The zero-order chi connectivity index (χ0) is 32.2. The fraction of sp³-hybridized carbons (Fsp3) is 0.281. The Morgan fingerprint density at radius 2 is 1.93 bits per heavy atom. The van der Waals surface area contributed by atoms with Gasteiger partial charge in [0.1, 0.15) is 12.0 Å². The van der Waals surface area contributed by atoms with Gasteiger partial charge >= 0.3 is 6.09 Å². The third-order valence-electron chi connectivity index (χ3n) is 7.70. The third-order valence-corrected chi connectivity index (χ3v) is 7.99. The van der Waals surface area contributed by atoms with Crippen molar-refractivity contribution in [2.75, 3.05) is 24.9 Å². The lowest BCUT2D eigenvalue weighted by atomic mass is 9.95. The molecule has 1 aliphatic heterocycles. The Hall–Kier alpha value is -4.97. The van der Waals surface area contributed by atoms with Crippen molar-refractivity contribution in [3.63, 3.8) is 0 Å². The largest absolute Gasteiger partial charge is 0.481 e. The number of nitrogens with one attached hydrogen (secondary N) is 3. The van der Waals surface area contributed by atoms with E-state index in [0.717, 1.165) is 0 Å². The summed E-state index contributed by atoms with van der Waals surface area (Å²) in [6.07, 6.45) is 2.33. The number of methoxy groups -OCH3 is 2. The van der Waals surface area contributed by atoms with Crippen LogP contribution in [0.15, 0.2) is 54.9 Å². The molecule has 1 aliphatic rings. The first-order valence-electron chi connectivity index (χ1n) is 14.2. The summed E-state index contributed by atoms with van der Waals surface area (Å²) in [7, 11) is 2.75. The number of carbonyl (C=O) groups excluding carboxylic acids is 3. The summed E-state index contributed by atoms with van der Waals surface area (Å²) in [6.45, 7) is 3.50. The van der Waals surface area contributed by atoms with Crippen LogP contribution in [0.1, 0.15) is 54.1 Å². The van der Waals surface area contributed by atoms with E-state index in [-0.39, 0.29) is 28.2 Å². The number of halogens is 2. The number of benzene rings is 2. The topological polar surface area (TPSA) is 136 Å². The molecule has 0 aliphatic carbocycles. The molecule has 11 nitrogen and oxygen atoms in total. The number of carbonyl (C=O) groups is 3. The number of ether oxygens (including phenoxy) is 2. The summed E-state index contributed by atoms with van der Waals surface area (Å²) in [5.41, 5.74) is 3.47. The number of aromatic nitrogens is 3. The number of nitrogens with zero attached hydrogens (tertiary/aromatic N) is 3. The normalized spacial score (nSPS) is 16.4. The molecule has 45 heavy (non-hydrogen) atoms. The van der Waals surface area contributed by atoms with Gasteiger partial charge in [0.2, 0.25) is 11.8 Å². The van der Waals surface area contributed by atoms with Crippen LogP contribution in [0.25, 0.3) is 16.8 Å². The van der Waals surface area contributed by atoms with Gasteiger partial charge in [-0.15, -0.1) is 0 Å². The molecule has 0 saturated heterocycles. The summed E-state index contributed by atoms with van der Waals surface area (Å²) in [5, 5.41) is 8.62. The summed E-state index contributed by atoms with van der Waals surface area (Å²) < 4.78 is 26.5. The SMILES string of the molecule is COC(=O)Nc1ccc2c(c1)NC(=O)[C@@H](C)CCC[C@H](NC(=O)c1ncn(-c3cccc(Cl)c3F)c1C)c1cc-2cc(OC)n1. The number of pyridine rings is 1. The molecule has 3 amide bonds. The highest BCUT2D eigenvalue weighted by Crippen LogP contribution is 2.36. The Kier molecular flexibility index (Phi) is 9.33. The first-order valence-corrected chi connectivity index (χ1v) is 14.6. The van der Waals surface area contributed by atoms with Crippen molar-refractivity contribution in [2.45, 2.75) is 39.2 Å². The fourth-order valence-corrected chi connectivity index (χ4v) is 5.37. The molecular formula is C32H32ClFN6O5. The predicted molar refractivity (Wildman–Crippen MR) is 167 cm³/mol. The number of hydrogen-bond donors (Lipinski definition) is 3. The van der Waals surface area contributed by atoms with Crippen molar-refractivity contribution in [2.24, 2.45) is 5.92 Å². The monoisotopic (exact) mass is 634 g/mol. The predicted octanol–water partition coefficient (Wildman–Crippen LogP) is 6.45. The summed E-state index contributed by atoms with van der Waals surface area (Å²) in [5.74, 6) is -1.33. The molecule has 0 radical (unpaired) electrons. The van der Waals surface area contributed by atoms with Gasteiger partial charge in [0.05, 0.1) is 48.0 Å². The number of imidazole rings is 1. The Labute approximate surface area is 264 Å². The van der Waals surface area contributed by atoms with Crippen LogP contribution in [0.3, 0.4) is 0 Å². The number of hydrogen-bond acceptors (Lipinski definition) is 7. The first kappa shape index (κ1) is 31.5. The van der Waals surface area contributed by atoms with Crippen molar-refractivity contribution in [3.8, 4) is 22.7 Å². The van der Waals surface area contributed by atoms with Gasteiger partial charge < -0.3 is 20.1 Å². The van der Waals surface area contributed by atoms with Gasteiger partial charge in [0.25, 0.3) is 5.91 Å². The molecule has 2 atom stereocenters. The van der Waals surface area contributed by atoms with Crippen LogP contribution in [-0.2, 0) is 9.53 Å². The lowest BCUT2D eigenvalue weighted by Crippen LogP contribution is -2.30. The second kappa shape index (κ2) is 13.3. The van der Waals surface area contributed by atoms with E-state index in [1.165, 1.54) is 31.2 Å². The van der Waals surface area contributed by atoms with Crippen molar-refractivity contribution in [1.29, 1.82) is 0 Å². The maximum Gasteiger partial charge on any atom is 0.411 e. The van der Waals surface area contributed by atoms with E-state index in [1.807, 2.05) is 13.0 Å². The fourth-order valence-electron chi connectivity index (χ4n) is 5.20. The van der Waals surface area contributed by atoms with Crippen molar-refractivity contribution >= 4 is 40.9 Å². The van der Waals surface area contributed by atoms with Crippen LogP contribution in [0.4, 0.5) is 20.6 Å². The molecule has 13 heteroatoms. The molecule has 234 valence electrons. The number of anilines is 2. The maximum atomic E-state index is 14.8. The summed E-state index contributed by atoms with van der Waals surface area (Å²) in [6, 6.07) is 12.7. The average Bonchev–Trinajstić information content (AvgIpc) is 3.41. The molecule has 5 rings (SSSR count). The lowest BCUT2D eigenvalue weighted by Gasteiger charge is -2.23. The minimum atomic E-state index is -0.646. The standard InChI is InChI=1S/C32H32ClFN6O5/c1-17-7-5-9-23(38-31(42)29-18(2)40(16-35-29)26-10-6-8-22(33)28(26)34)25-13-19(14-27(37-25)44-3)21-12-11-20(36-32(43)45-4)15-24(21)39-30(17)41/h6,8,10-17,23H,5,7,9H2,1-4H3,(H,36,43)(H,38,42)(H,39,41)/t17-,23-/m0/s1. The summed E-state index contributed by atoms with van der Waals surface area (Å²) in [4.78, 5) is 47.6. The first-order chi connectivity index (χ1) is 21.6. The zero-order valence-electron chi connectivity index (χ0n) is 25.1. The molecule has 4 aromatic rings. The molecule has 0 spiro atoms. The molecule has 0 saturated carbocycles. The zero-order valence-corrected chi connectivity index (χ0v) is 25.9. The molecule has 2 aromatic carbocycles. The number of rotatable bonds is 5. The summed E-state index contributed by atoms with van der Waals surface area (Å²) >= 11 is 5.98. The van der Waals surface area contributed by atoms with Crippen LogP contribution in [0.5, 0.6) is 5.88 Å². The quantitative estimate of drug-likeness (QED) is 0.229. The molecule has 3 heterocycles. The van der Waals surface area contributed by atoms with Crippen molar-refractivity contribution < 1.29 is 28.2 Å². The second-order valence-corrected chi connectivity index (χ2v) is 11.1. The van der Waals surface area contributed by atoms with Gasteiger partial charge in [-0.25, -0.2) is 19.2 Å². The van der Waals surface area contributed by atoms with Crippen LogP contribution < -0.4 is 20.7 Å². The second-order valence-electron chi connectivity index (χ2n) is 10.7. The number of amides is 3. The van der Waals surface area contributed by atoms with Crippen LogP contribution in [0.2, 0.25) is 5.02 Å². The molecule has 0 unspecified atom stereocenters.